The first-order chi connectivity index (χ1) is 13.7. The van der Waals surface area contributed by atoms with Crippen molar-refractivity contribution in [2.45, 2.75) is 19.9 Å². The van der Waals surface area contributed by atoms with Crippen LogP contribution < -0.4 is 10.1 Å². The molecule has 0 atom stereocenters. The third-order valence-electron chi connectivity index (χ3n) is 4.75. The van der Waals surface area contributed by atoms with Crippen molar-refractivity contribution in [1.82, 2.24) is 14.8 Å². The molecule has 2 N–H and O–H groups in total. The first-order valence-electron chi connectivity index (χ1n) is 9.24. The third kappa shape index (κ3) is 3.49. The van der Waals surface area contributed by atoms with E-state index in [2.05, 4.69) is 45.2 Å². The highest BCUT2D eigenvalue weighted by molar-refractivity contribution is 5.92. The lowest BCUT2D eigenvalue weighted by molar-refractivity contribution is -0.115. The Morgan fingerprint density at radius 1 is 1.14 bits per heavy atom. The van der Waals surface area contributed by atoms with Gasteiger partial charge in [-0.05, 0) is 36.8 Å². The molecule has 0 saturated heterocycles. The van der Waals surface area contributed by atoms with Crippen molar-refractivity contribution in [3.8, 4) is 17.1 Å². The Morgan fingerprint density at radius 3 is 2.82 bits per heavy atom. The van der Waals surface area contributed by atoms with Gasteiger partial charge in [0.15, 0.2) is 5.82 Å². The van der Waals surface area contributed by atoms with Crippen molar-refractivity contribution in [3.63, 3.8) is 0 Å². The molecule has 0 saturated carbocycles. The van der Waals surface area contributed by atoms with Crippen LogP contribution in [0.4, 0.5) is 5.82 Å². The number of anilines is 1. The summed E-state index contributed by atoms with van der Waals surface area (Å²) >= 11 is 0. The van der Waals surface area contributed by atoms with Crippen LogP contribution in [0.2, 0.25) is 0 Å². The normalized spacial score (nSPS) is 10.9. The second kappa shape index (κ2) is 7.60. The highest BCUT2D eigenvalue weighted by atomic mass is 16.5. The number of fused-ring (bicyclic) bond motifs is 1. The SMILES string of the molecule is CCn1c(-c2cc(NC(=O)Cc3cccc(OC)c3)n[nH]2)cc2ccccc21. The Labute approximate surface area is 163 Å². The minimum absolute atomic E-state index is 0.123. The Hall–Kier alpha value is -3.54. The number of aromatic amines is 1. The fourth-order valence-corrected chi connectivity index (χ4v) is 3.45. The topological polar surface area (TPSA) is 71.9 Å². The number of aromatic nitrogens is 3. The van der Waals surface area contributed by atoms with Gasteiger partial charge < -0.3 is 14.6 Å². The zero-order valence-electron chi connectivity index (χ0n) is 15.9. The molecule has 6 nitrogen and oxygen atoms in total. The van der Waals surface area contributed by atoms with Crippen molar-refractivity contribution in [2.75, 3.05) is 12.4 Å². The van der Waals surface area contributed by atoms with Crippen LogP contribution in [0.5, 0.6) is 5.75 Å². The lowest BCUT2D eigenvalue weighted by Crippen LogP contribution is -2.14. The molecule has 2 aromatic heterocycles. The fraction of sp³-hybridized carbons (Fsp3) is 0.182. The molecule has 0 aliphatic rings. The predicted octanol–water partition coefficient (Wildman–Crippen LogP) is 4.24. The summed E-state index contributed by atoms with van der Waals surface area (Å²) in [4.78, 5) is 12.4. The molecule has 0 radical (unpaired) electrons. The Bertz CT molecular complexity index is 1130. The van der Waals surface area contributed by atoms with Crippen LogP contribution in [-0.2, 0) is 17.8 Å². The Balaban J connectivity index is 1.52. The highest BCUT2D eigenvalue weighted by Gasteiger charge is 2.13. The number of amides is 1. The first-order valence-corrected chi connectivity index (χ1v) is 9.24. The summed E-state index contributed by atoms with van der Waals surface area (Å²) in [6.45, 7) is 2.96. The van der Waals surface area contributed by atoms with Crippen LogP contribution in [0.1, 0.15) is 12.5 Å². The second-order valence-electron chi connectivity index (χ2n) is 6.58. The van der Waals surface area contributed by atoms with E-state index >= 15 is 0 Å². The summed E-state index contributed by atoms with van der Waals surface area (Å²) in [6.07, 6.45) is 0.259. The molecule has 2 aromatic carbocycles. The van der Waals surface area contributed by atoms with E-state index in [-0.39, 0.29) is 12.3 Å². The number of nitrogens with zero attached hydrogens (tertiary/aromatic N) is 2. The van der Waals surface area contributed by atoms with Crippen molar-refractivity contribution in [3.05, 3.63) is 66.2 Å². The Kier molecular flexibility index (Phi) is 4.85. The number of hydrogen-bond acceptors (Lipinski definition) is 3. The maximum absolute atomic E-state index is 12.4. The van der Waals surface area contributed by atoms with Gasteiger partial charge in [-0.3, -0.25) is 9.89 Å². The number of aryl methyl sites for hydroxylation is 1. The average molecular weight is 374 g/mol. The van der Waals surface area contributed by atoms with Gasteiger partial charge in [0.1, 0.15) is 5.75 Å². The van der Waals surface area contributed by atoms with Crippen molar-refractivity contribution < 1.29 is 9.53 Å². The first kappa shape index (κ1) is 17.9. The molecule has 28 heavy (non-hydrogen) atoms. The number of carbonyl (C=O) groups is 1. The van der Waals surface area contributed by atoms with Gasteiger partial charge in [-0.25, -0.2) is 0 Å². The maximum atomic E-state index is 12.4. The number of carbonyl (C=O) groups excluding carboxylic acids is 1. The molecule has 2 heterocycles. The molecule has 4 rings (SSSR count). The van der Waals surface area contributed by atoms with Crippen molar-refractivity contribution >= 4 is 22.6 Å². The lowest BCUT2D eigenvalue weighted by Gasteiger charge is -2.05. The van der Waals surface area contributed by atoms with Gasteiger partial charge in [0.05, 0.1) is 24.9 Å². The number of ether oxygens (including phenoxy) is 1. The minimum atomic E-state index is -0.123. The molecule has 6 heteroatoms. The van der Waals surface area contributed by atoms with Crippen LogP contribution >= 0.6 is 0 Å². The van der Waals surface area contributed by atoms with Gasteiger partial charge in [-0.1, -0.05) is 30.3 Å². The van der Waals surface area contributed by atoms with E-state index in [1.807, 2.05) is 42.5 Å². The molecule has 4 aromatic rings. The van der Waals surface area contributed by atoms with Gasteiger partial charge in [0.2, 0.25) is 5.91 Å². The standard InChI is InChI=1S/C22H22N4O2/c1-3-26-19-10-5-4-8-16(19)13-20(26)18-14-21(25-24-18)23-22(27)12-15-7-6-9-17(11-15)28-2/h4-11,13-14H,3,12H2,1-2H3,(H2,23,24,25,27). The van der Waals surface area contributed by atoms with E-state index in [9.17, 15) is 4.79 Å². The third-order valence-corrected chi connectivity index (χ3v) is 4.75. The van der Waals surface area contributed by atoms with Gasteiger partial charge in [-0.2, -0.15) is 5.10 Å². The summed E-state index contributed by atoms with van der Waals surface area (Å²) in [7, 11) is 1.61. The Morgan fingerprint density at radius 2 is 2.00 bits per heavy atom. The van der Waals surface area contributed by atoms with Gasteiger partial charge in [0.25, 0.3) is 0 Å². The number of methoxy groups -OCH3 is 1. The van der Waals surface area contributed by atoms with E-state index in [1.165, 1.54) is 10.9 Å². The van der Waals surface area contributed by atoms with Crippen LogP contribution in [0.15, 0.2) is 60.7 Å². The lowest BCUT2D eigenvalue weighted by atomic mass is 10.1. The summed E-state index contributed by atoms with van der Waals surface area (Å²) < 4.78 is 7.43. The van der Waals surface area contributed by atoms with Gasteiger partial charge in [-0.15, -0.1) is 0 Å². The molecule has 0 bridgehead atoms. The zero-order valence-corrected chi connectivity index (χ0v) is 15.9. The molecule has 0 aliphatic heterocycles. The molecular weight excluding hydrogens is 352 g/mol. The summed E-state index contributed by atoms with van der Waals surface area (Å²) in [6, 6.07) is 19.8. The number of benzene rings is 2. The summed E-state index contributed by atoms with van der Waals surface area (Å²) in [5.74, 6) is 1.12. The number of hydrogen-bond donors (Lipinski definition) is 2. The highest BCUT2D eigenvalue weighted by Crippen LogP contribution is 2.28. The number of H-pyrrole nitrogens is 1. The van der Waals surface area contributed by atoms with Crippen molar-refractivity contribution in [1.29, 1.82) is 0 Å². The van der Waals surface area contributed by atoms with E-state index in [1.54, 1.807) is 7.11 Å². The molecule has 0 spiro atoms. The second-order valence-corrected chi connectivity index (χ2v) is 6.58. The largest absolute Gasteiger partial charge is 0.497 e. The van der Waals surface area contributed by atoms with E-state index in [0.29, 0.717) is 5.82 Å². The van der Waals surface area contributed by atoms with Crippen LogP contribution in [0, 0.1) is 0 Å². The summed E-state index contributed by atoms with van der Waals surface area (Å²) in [5, 5.41) is 11.3. The van der Waals surface area contributed by atoms with E-state index in [0.717, 1.165) is 29.2 Å². The number of rotatable bonds is 6. The molecular formula is C22H22N4O2. The van der Waals surface area contributed by atoms with Crippen LogP contribution in [-0.4, -0.2) is 27.8 Å². The van der Waals surface area contributed by atoms with Gasteiger partial charge >= 0.3 is 0 Å². The van der Waals surface area contributed by atoms with Gasteiger partial charge in [0, 0.05) is 23.5 Å². The smallest absolute Gasteiger partial charge is 0.229 e. The molecule has 1 amide bonds. The molecule has 0 unspecified atom stereocenters. The molecule has 142 valence electrons. The maximum Gasteiger partial charge on any atom is 0.229 e. The number of para-hydroxylation sites is 1. The quantitative estimate of drug-likeness (QED) is 0.530. The fourth-order valence-electron chi connectivity index (χ4n) is 3.45. The minimum Gasteiger partial charge on any atom is -0.497 e. The average Bonchev–Trinajstić information content (AvgIpc) is 3.31. The van der Waals surface area contributed by atoms with Crippen molar-refractivity contribution in [2.24, 2.45) is 0 Å². The predicted molar refractivity (Wildman–Crippen MR) is 111 cm³/mol. The van der Waals surface area contributed by atoms with E-state index in [4.69, 9.17) is 4.74 Å². The molecule has 0 aliphatic carbocycles. The zero-order chi connectivity index (χ0) is 19.5. The summed E-state index contributed by atoms with van der Waals surface area (Å²) in [5.41, 5.74) is 3.98. The van der Waals surface area contributed by atoms with Crippen LogP contribution in [0.25, 0.3) is 22.3 Å². The molecule has 0 fully saturated rings. The number of nitrogens with one attached hydrogen (secondary N) is 2. The van der Waals surface area contributed by atoms with Crippen LogP contribution in [0.3, 0.4) is 0 Å². The monoisotopic (exact) mass is 374 g/mol. The van der Waals surface area contributed by atoms with E-state index < -0.39 is 0 Å².